The molecule has 1 fully saturated rings. The number of aromatic nitrogens is 2. The molecule has 1 aliphatic heterocycles. The van der Waals surface area contributed by atoms with Gasteiger partial charge >= 0.3 is 0 Å². The highest BCUT2D eigenvalue weighted by atomic mass is 16.2. The summed E-state index contributed by atoms with van der Waals surface area (Å²) in [6, 6.07) is 8.14. The van der Waals surface area contributed by atoms with E-state index in [1.54, 1.807) is 0 Å². The summed E-state index contributed by atoms with van der Waals surface area (Å²) < 4.78 is 0. The molecule has 1 aromatic heterocycles. The first kappa shape index (κ1) is 23.9. The third kappa shape index (κ3) is 5.72. The average Bonchev–Trinajstić information content (AvgIpc) is 2.77. The molecule has 0 aliphatic carbocycles. The number of aryl methyl sites for hydroxylation is 3. The maximum Gasteiger partial charge on any atom is 0.227 e. The zero-order valence-corrected chi connectivity index (χ0v) is 20.1. The SMILES string of the molecule is CCN(CC)C(=O)Cc1c(C)nc([C@@H]2CCCN(C(=O)Cc3cccc(C)c3)C2)nc1C. The Kier molecular flexibility index (Phi) is 7.99. The lowest BCUT2D eigenvalue weighted by Crippen LogP contribution is -2.40. The van der Waals surface area contributed by atoms with Crippen LogP contribution in [-0.2, 0) is 22.4 Å². The third-order valence-corrected chi connectivity index (χ3v) is 6.46. The topological polar surface area (TPSA) is 66.4 Å². The fraction of sp³-hybridized carbons (Fsp3) is 0.538. The van der Waals surface area contributed by atoms with Gasteiger partial charge in [-0.1, -0.05) is 29.8 Å². The molecule has 0 N–H and O–H groups in total. The van der Waals surface area contributed by atoms with Crippen LogP contribution >= 0.6 is 0 Å². The number of carbonyl (C=O) groups excluding carboxylic acids is 2. The van der Waals surface area contributed by atoms with Crippen molar-refractivity contribution in [2.45, 2.75) is 66.2 Å². The number of hydrogen-bond donors (Lipinski definition) is 0. The van der Waals surface area contributed by atoms with Crippen molar-refractivity contribution in [1.82, 2.24) is 19.8 Å². The van der Waals surface area contributed by atoms with E-state index >= 15 is 0 Å². The molecule has 1 aromatic carbocycles. The number of nitrogens with zero attached hydrogens (tertiary/aromatic N) is 4. The van der Waals surface area contributed by atoms with Gasteiger partial charge in [-0.2, -0.15) is 0 Å². The molecular formula is C26H36N4O2. The second-order valence-corrected chi connectivity index (χ2v) is 8.82. The van der Waals surface area contributed by atoms with Gasteiger partial charge in [-0.25, -0.2) is 9.97 Å². The Bertz CT molecular complexity index is 945. The molecule has 6 nitrogen and oxygen atoms in total. The van der Waals surface area contributed by atoms with Crippen LogP contribution in [-0.4, -0.2) is 57.8 Å². The van der Waals surface area contributed by atoms with E-state index in [1.807, 2.05) is 62.6 Å². The van der Waals surface area contributed by atoms with Crippen LogP contribution < -0.4 is 0 Å². The quantitative estimate of drug-likeness (QED) is 0.663. The zero-order chi connectivity index (χ0) is 23.3. The van der Waals surface area contributed by atoms with Crippen LogP contribution in [0.5, 0.6) is 0 Å². The Morgan fingerprint density at radius 3 is 2.38 bits per heavy atom. The van der Waals surface area contributed by atoms with Gasteiger partial charge in [-0.3, -0.25) is 9.59 Å². The van der Waals surface area contributed by atoms with Crippen LogP contribution in [0.4, 0.5) is 0 Å². The van der Waals surface area contributed by atoms with E-state index in [2.05, 4.69) is 6.07 Å². The van der Waals surface area contributed by atoms with Gasteiger partial charge in [-0.05, 0) is 53.0 Å². The molecule has 0 saturated carbocycles. The zero-order valence-electron chi connectivity index (χ0n) is 20.1. The monoisotopic (exact) mass is 436 g/mol. The first-order valence-electron chi connectivity index (χ1n) is 11.8. The van der Waals surface area contributed by atoms with Gasteiger partial charge < -0.3 is 9.80 Å². The van der Waals surface area contributed by atoms with Gasteiger partial charge in [-0.15, -0.1) is 0 Å². The predicted octanol–water partition coefficient (Wildman–Crippen LogP) is 3.76. The van der Waals surface area contributed by atoms with E-state index in [-0.39, 0.29) is 17.7 Å². The molecule has 1 saturated heterocycles. The second kappa shape index (κ2) is 10.7. The molecule has 1 atom stereocenters. The van der Waals surface area contributed by atoms with E-state index in [0.29, 0.717) is 32.5 Å². The average molecular weight is 437 g/mol. The minimum Gasteiger partial charge on any atom is -0.343 e. The van der Waals surface area contributed by atoms with Gasteiger partial charge in [0.2, 0.25) is 11.8 Å². The van der Waals surface area contributed by atoms with Crippen molar-refractivity contribution in [2.24, 2.45) is 0 Å². The Balaban J connectivity index is 1.70. The van der Waals surface area contributed by atoms with E-state index in [0.717, 1.165) is 47.7 Å². The highest BCUT2D eigenvalue weighted by molar-refractivity contribution is 5.79. The van der Waals surface area contributed by atoms with E-state index in [4.69, 9.17) is 9.97 Å². The number of benzene rings is 1. The van der Waals surface area contributed by atoms with Gasteiger partial charge in [0, 0.05) is 49.0 Å². The summed E-state index contributed by atoms with van der Waals surface area (Å²) in [5, 5.41) is 0. The van der Waals surface area contributed by atoms with E-state index in [9.17, 15) is 9.59 Å². The molecule has 0 radical (unpaired) electrons. The lowest BCUT2D eigenvalue weighted by molar-refractivity contribution is -0.132. The van der Waals surface area contributed by atoms with Crippen molar-refractivity contribution in [3.05, 3.63) is 58.2 Å². The molecule has 1 aliphatic rings. The smallest absolute Gasteiger partial charge is 0.227 e. The molecule has 0 bridgehead atoms. The summed E-state index contributed by atoms with van der Waals surface area (Å²) in [5.41, 5.74) is 4.90. The molecule has 2 heterocycles. The first-order chi connectivity index (χ1) is 15.3. The van der Waals surface area contributed by atoms with Gasteiger partial charge in [0.25, 0.3) is 0 Å². The molecular weight excluding hydrogens is 400 g/mol. The minimum absolute atomic E-state index is 0.114. The van der Waals surface area contributed by atoms with Gasteiger partial charge in [0.15, 0.2) is 0 Å². The molecule has 0 spiro atoms. The Morgan fingerprint density at radius 1 is 1.06 bits per heavy atom. The number of likely N-dealkylation sites (tertiary alicyclic amines) is 1. The van der Waals surface area contributed by atoms with Crippen LogP contribution in [0.25, 0.3) is 0 Å². The molecule has 172 valence electrons. The predicted molar refractivity (Wildman–Crippen MR) is 127 cm³/mol. The molecule has 6 heteroatoms. The van der Waals surface area contributed by atoms with Crippen LogP contribution in [0.1, 0.15) is 66.5 Å². The summed E-state index contributed by atoms with van der Waals surface area (Å²) in [6.07, 6.45) is 2.70. The van der Waals surface area contributed by atoms with Crippen molar-refractivity contribution in [3.63, 3.8) is 0 Å². The highest BCUT2D eigenvalue weighted by Gasteiger charge is 2.27. The maximum absolute atomic E-state index is 12.9. The molecule has 32 heavy (non-hydrogen) atoms. The minimum atomic E-state index is 0.114. The number of rotatable bonds is 7. The number of hydrogen-bond acceptors (Lipinski definition) is 4. The number of carbonyl (C=O) groups is 2. The van der Waals surface area contributed by atoms with Crippen molar-refractivity contribution >= 4 is 11.8 Å². The molecule has 3 rings (SSSR count). The molecule has 0 unspecified atom stereocenters. The summed E-state index contributed by atoms with van der Waals surface area (Å²) in [4.78, 5) is 38.9. The summed E-state index contributed by atoms with van der Waals surface area (Å²) >= 11 is 0. The van der Waals surface area contributed by atoms with Crippen molar-refractivity contribution in [3.8, 4) is 0 Å². The lowest BCUT2D eigenvalue weighted by atomic mass is 9.95. The highest BCUT2D eigenvalue weighted by Crippen LogP contribution is 2.26. The van der Waals surface area contributed by atoms with Gasteiger partial charge in [0.1, 0.15) is 5.82 Å². The fourth-order valence-corrected chi connectivity index (χ4v) is 4.57. The fourth-order valence-electron chi connectivity index (χ4n) is 4.57. The van der Waals surface area contributed by atoms with Crippen LogP contribution in [0, 0.1) is 20.8 Å². The maximum atomic E-state index is 12.9. The standard InChI is InChI=1S/C26H36N4O2/c1-6-29(7-2)25(32)16-23-19(4)27-26(28-20(23)5)22-12-9-13-30(17-22)24(31)15-21-11-8-10-18(3)14-21/h8,10-11,14,22H,6-7,9,12-13,15-17H2,1-5H3/t22-/m1/s1. The van der Waals surface area contributed by atoms with E-state index < -0.39 is 0 Å². The van der Waals surface area contributed by atoms with Crippen molar-refractivity contribution in [1.29, 1.82) is 0 Å². The van der Waals surface area contributed by atoms with Crippen molar-refractivity contribution in [2.75, 3.05) is 26.2 Å². The third-order valence-electron chi connectivity index (χ3n) is 6.46. The van der Waals surface area contributed by atoms with Crippen LogP contribution in [0.3, 0.4) is 0 Å². The summed E-state index contributed by atoms with van der Waals surface area (Å²) in [5.74, 6) is 1.21. The van der Waals surface area contributed by atoms with E-state index in [1.165, 1.54) is 5.56 Å². The number of piperidine rings is 1. The second-order valence-electron chi connectivity index (χ2n) is 8.82. The Labute approximate surface area is 192 Å². The molecule has 2 amide bonds. The Hall–Kier alpha value is -2.76. The lowest BCUT2D eigenvalue weighted by Gasteiger charge is -2.32. The van der Waals surface area contributed by atoms with Crippen LogP contribution in [0.2, 0.25) is 0 Å². The largest absolute Gasteiger partial charge is 0.343 e. The summed E-state index contributed by atoms with van der Waals surface area (Å²) in [7, 11) is 0. The normalized spacial score (nSPS) is 16.2. The number of likely N-dealkylation sites (N-methyl/N-ethyl adjacent to an activating group) is 1. The molecule has 2 aromatic rings. The van der Waals surface area contributed by atoms with Gasteiger partial charge in [0.05, 0.1) is 12.8 Å². The first-order valence-corrected chi connectivity index (χ1v) is 11.8. The Morgan fingerprint density at radius 2 is 1.75 bits per heavy atom. The van der Waals surface area contributed by atoms with Crippen LogP contribution in [0.15, 0.2) is 24.3 Å². The summed E-state index contributed by atoms with van der Waals surface area (Å²) in [6.45, 7) is 12.8. The number of amides is 2. The van der Waals surface area contributed by atoms with Crippen molar-refractivity contribution < 1.29 is 9.59 Å².